The highest BCUT2D eigenvalue weighted by atomic mass is 16.2. The van der Waals surface area contributed by atoms with Crippen molar-refractivity contribution >= 4 is 11.9 Å². The molecule has 1 fully saturated rings. The molecule has 0 spiro atoms. The number of hydrogen-bond acceptors (Lipinski definition) is 2. The van der Waals surface area contributed by atoms with E-state index in [0.717, 1.165) is 45.0 Å². The number of amides is 1. The number of carbonyl (C=O) groups is 1. The van der Waals surface area contributed by atoms with Gasteiger partial charge in [0.05, 0.1) is 6.54 Å². The Hall–Kier alpha value is -1.98. The molecule has 6 heteroatoms. The number of aromatic nitrogens is 1. The lowest BCUT2D eigenvalue weighted by Crippen LogP contribution is -2.40. The SMILES string of the molecule is CCNC(=NCC(=O)N1CCCC1)N(C)Cc1cccn1C. The molecule has 0 bridgehead atoms. The standard InChI is InChI=1S/C16H27N5O/c1-4-17-16(18-12-15(22)21-10-5-6-11-21)20(3)13-14-8-7-9-19(14)2/h7-9H,4-6,10-13H2,1-3H3,(H,17,18). The van der Waals surface area contributed by atoms with Crippen molar-refractivity contribution in [2.75, 3.05) is 33.2 Å². The van der Waals surface area contributed by atoms with Crippen molar-refractivity contribution in [1.82, 2.24) is 19.7 Å². The van der Waals surface area contributed by atoms with E-state index in [9.17, 15) is 4.79 Å². The Kier molecular flexibility index (Phi) is 5.86. The monoisotopic (exact) mass is 305 g/mol. The van der Waals surface area contributed by atoms with Gasteiger partial charge in [0.1, 0.15) is 6.54 Å². The first-order valence-corrected chi connectivity index (χ1v) is 7.99. The maximum Gasteiger partial charge on any atom is 0.244 e. The van der Waals surface area contributed by atoms with Crippen LogP contribution in [0.25, 0.3) is 0 Å². The van der Waals surface area contributed by atoms with E-state index in [1.807, 2.05) is 38.2 Å². The van der Waals surface area contributed by atoms with Crippen LogP contribution in [-0.4, -0.2) is 59.5 Å². The number of hydrogen-bond donors (Lipinski definition) is 1. The zero-order chi connectivity index (χ0) is 15.9. The first-order valence-electron chi connectivity index (χ1n) is 7.99. The maximum atomic E-state index is 12.1. The topological polar surface area (TPSA) is 52.9 Å². The van der Waals surface area contributed by atoms with Gasteiger partial charge in [0.25, 0.3) is 0 Å². The molecule has 0 unspecified atom stereocenters. The molecule has 0 saturated carbocycles. The molecule has 1 aliphatic heterocycles. The molecule has 0 radical (unpaired) electrons. The summed E-state index contributed by atoms with van der Waals surface area (Å²) in [6.07, 6.45) is 4.26. The van der Waals surface area contributed by atoms with Crippen molar-refractivity contribution < 1.29 is 4.79 Å². The summed E-state index contributed by atoms with van der Waals surface area (Å²) in [4.78, 5) is 20.6. The normalized spacial score (nSPS) is 15.2. The van der Waals surface area contributed by atoms with E-state index in [-0.39, 0.29) is 12.5 Å². The lowest BCUT2D eigenvalue weighted by atomic mass is 10.4. The maximum absolute atomic E-state index is 12.1. The van der Waals surface area contributed by atoms with Crippen molar-refractivity contribution in [2.45, 2.75) is 26.3 Å². The summed E-state index contributed by atoms with van der Waals surface area (Å²) >= 11 is 0. The van der Waals surface area contributed by atoms with Crippen LogP contribution >= 0.6 is 0 Å². The van der Waals surface area contributed by atoms with Crippen molar-refractivity contribution in [3.8, 4) is 0 Å². The highest BCUT2D eigenvalue weighted by Gasteiger charge is 2.17. The molecular weight excluding hydrogens is 278 g/mol. The number of nitrogens with zero attached hydrogens (tertiary/aromatic N) is 4. The fourth-order valence-electron chi connectivity index (χ4n) is 2.66. The van der Waals surface area contributed by atoms with Crippen LogP contribution < -0.4 is 5.32 Å². The van der Waals surface area contributed by atoms with Crippen LogP contribution in [0, 0.1) is 0 Å². The summed E-state index contributed by atoms with van der Waals surface area (Å²) in [7, 11) is 4.03. The summed E-state index contributed by atoms with van der Waals surface area (Å²) in [5, 5.41) is 3.26. The minimum Gasteiger partial charge on any atom is -0.357 e. The van der Waals surface area contributed by atoms with Crippen molar-refractivity contribution in [3.05, 3.63) is 24.0 Å². The average Bonchev–Trinajstić information content (AvgIpc) is 3.15. The quantitative estimate of drug-likeness (QED) is 0.653. The lowest BCUT2D eigenvalue weighted by Gasteiger charge is -2.22. The molecule has 6 nitrogen and oxygen atoms in total. The zero-order valence-electron chi connectivity index (χ0n) is 13.9. The van der Waals surface area contributed by atoms with Gasteiger partial charge in [-0.25, -0.2) is 4.99 Å². The molecule has 0 aromatic carbocycles. The molecule has 2 rings (SSSR count). The second-order valence-electron chi connectivity index (χ2n) is 5.72. The van der Waals surface area contributed by atoms with Crippen LogP contribution in [0.1, 0.15) is 25.5 Å². The molecule has 1 saturated heterocycles. The smallest absolute Gasteiger partial charge is 0.244 e. The van der Waals surface area contributed by atoms with Gasteiger partial charge >= 0.3 is 0 Å². The minimum absolute atomic E-state index is 0.125. The Bertz CT molecular complexity index is 516. The molecule has 122 valence electrons. The van der Waals surface area contributed by atoms with E-state index in [2.05, 4.69) is 25.8 Å². The number of nitrogens with one attached hydrogen (secondary N) is 1. The highest BCUT2D eigenvalue weighted by molar-refractivity contribution is 5.85. The van der Waals surface area contributed by atoms with Gasteiger partial charge in [-0.3, -0.25) is 4.79 Å². The van der Waals surface area contributed by atoms with E-state index >= 15 is 0 Å². The largest absolute Gasteiger partial charge is 0.357 e. The van der Waals surface area contributed by atoms with E-state index in [1.54, 1.807) is 0 Å². The molecule has 1 amide bonds. The van der Waals surface area contributed by atoms with Crippen LogP contribution in [0.15, 0.2) is 23.3 Å². The van der Waals surface area contributed by atoms with E-state index in [4.69, 9.17) is 0 Å². The van der Waals surface area contributed by atoms with E-state index in [1.165, 1.54) is 5.69 Å². The Labute approximate surface area is 132 Å². The molecule has 2 heterocycles. The average molecular weight is 305 g/mol. The predicted octanol–water partition coefficient (Wildman–Crippen LogP) is 1.04. The Morgan fingerprint density at radius 2 is 2.14 bits per heavy atom. The summed E-state index contributed by atoms with van der Waals surface area (Å²) in [5.74, 6) is 0.899. The molecular formula is C16H27N5O. The minimum atomic E-state index is 0.125. The number of carbonyl (C=O) groups excluding carboxylic acids is 1. The predicted molar refractivity (Wildman–Crippen MR) is 88.7 cm³/mol. The second kappa shape index (κ2) is 7.87. The summed E-state index contributed by atoms with van der Waals surface area (Å²) < 4.78 is 2.09. The van der Waals surface area contributed by atoms with E-state index in [0.29, 0.717) is 0 Å². The summed E-state index contributed by atoms with van der Waals surface area (Å²) in [5.41, 5.74) is 1.21. The molecule has 1 aromatic heterocycles. The molecule has 1 N–H and O–H groups in total. The van der Waals surface area contributed by atoms with Gasteiger partial charge in [0.2, 0.25) is 5.91 Å². The van der Waals surface area contributed by atoms with Gasteiger partial charge in [-0.05, 0) is 31.9 Å². The van der Waals surface area contributed by atoms with Crippen LogP contribution in [0.3, 0.4) is 0 Å². The highest BCUT2D eigenvalue weighted by Crippen LogP contribution is 2.08. The van der Waals surface area contributed by atoms with Crippen LogP contribution in [-0.2, 0) is 18.4 Å². The molecule has 1 aliphatic rings. The molecule has 1 aromatic rings. The third-order valence-electron chi connectivity index (χ3n) is 3.97. The van der Waals surface area contributed by atoms with Gasteiger partial charge < -0.3 is 19.7 Å². The number of rotatable bonds is 5. The fraction of sp³-hybridized carbons (Fsp3) is 0.625. The van der Waals surface area contributed by atoms with Crippen molar-refractivity contribution in [3.63, 3.8) is 0 Å². The third-order valence-corrected chi connectivity index (χ3v) is 3.97. The zero-order valence-corrected chi connectivity index (χ0v) is 13.9. The summed E-state index contributed by atoms with van der Waals surface area (Å²) in [6, 6.07) is 4.12. The Morgan fingerprint density at radius 3 is 2.73 bits per heavy atom. The first-order chi connectivity index (χ1) is 10.6. The van der Waals surface area contributed by atoms with E-state index < -0.39 is 0 Å². The first kappa shape index (κ1) is 16.4. The van der Waals surface area contributed by atoms with Gasteiger partial charge in [0.15, 0.2) is 5.96 Å². The van der Waals surface area contributed by atoms with Crippen LogP contribution in [0.2, 0.25) is 0 Å². The molecule has 0 atom stereocenters. The van der Waals surface area contributed by atoms with Gasteiger partial charge in [0, 0.05) is 45.6 Å². The van der Waals surface area contributed by atoms with Gasteiger partial charge in [-0.15, -0.1) is 0 Å². The van der Waals surface area contributed by atoms with Crippen molar-refractivity contribution in [1.29, 1.82) is 0 Å². The van der Waals surface area contributed by atoms with Gasteiger partial charge in [-0.1, -0.05) is 0 Å². The van der Waals surface area contributed by atoms with Crippen LogP contribution in [0.5, 0.6) is 0 Å². The fourth-order valence-corrected chi connectivity index (χ4v) is 2.66. The lowest BCUT2D eigenvalue weighted by molar-refractivity contribution is -0.128. The Balaban J connectivity index is 1.96. The molecule has 0 aliphatic carbocycles. The van der Waals surface area contributed by atoms with Crippen molar-refractivity contribution in [2.24, 2.45) is 12.0 Å². The van der Waals surface area contributed by atoms with Gasteiger partial charge in [-0.2, -0.15) is 0 Å². The number of aryl methyl sites for hydroxylation is 1. The number of likely N-dealkylation sites (tertiary alicyclic amines) is 1. The number of guanidine groups is 1. The van der Waals surface area contributed by atoms with Crippen LogP contribution in [0.4, 0.5) is 0 Å². The number of aliphatic imine (C=N–C) groups is 1. The Morgan fingerprint density at radius 1 is 1.41 bits per heavy atom. The second-order valence-corrected chi connectivity index (χ2v) is 5.72. The molecule has 22 heavy (non-hydrogen) atoms. The summed E-state index contributed by atoms with van der Waals surface area (Å²) in [6.45, 7) is 5.56. The third kappa shape index (κ3) is 4.26.